The second-order valence-corrected chi connectivity index (χ2v) is 8.37. The molecule has 1 saturated heterocycles. The number of aromatic nitrogens is 2. The summed E-state index contributed by atoms with van der Waals surface area (Å²) in [7, 11) is 0. The highest BCUT2D eigenvalue weighted by Gasteiger charge is 2.33. The first-order chi connectivity index (χ1) is 14.7. The minimum absolute atomic E-state index is 0.445. The van der Waals surface area contributed by atoms with Gasteiger partial charge in [-0.3, -0.25) is 9.69 Å². The Bertz CT molecular complexity index is 1080. The van der Waals surface area contributed by atoms with Crippen LogP contribution < -0.4 is 4.90 Å². The molecule has 164 valence electrons. The van der Waals surface area contributed by atoms with Gasteiger partial charge < -0.3 is 15.0 Å². The van der Waals surface area contributed by atoms with Crippen LogP contribution in [0.4, 0.5) is 19.0 Å². The summed E-state index contributed by atoms with van der Waals surface area (Å²) in [6, 6.07) is 7.23. The van der Waals surface area contributed by atoms with Crippen LogP contribution in [-0.2, 0) is 11.0 Å². The Morgan fingerprint density at radius 2 is 1.97 bits per heavy atom. The summed E-state index contributed by atoms with van der Waals surface area (Å²) >= 11 is 3.44. The molecule has 0 radical (unpaired) electrons. The standard InChI is InChI=1S/C21H20BrF3N4O2/c22-14-3-4-17-15(10-14)16(12-26-17)19(20(30)31)29-7-1-6-28(8-9-29)18-5-2-13(11-27-18)21(23,24)25/h2-5,10-12,19,26H,1,6-9H2,(H,30,31)/t19-/m0/s1. The maximum absolute atomic E-state index is 12.8. The molecular weight excluding hydrogens is 477 g/mol. The van der Waals surface area contributed by atoms with Gasteiger partial charge in [-0.25, -0.2) is 4.98 Å². The lowest BCUT2D eigenvalue weighted by molar-refractivity contribution is -0.143. The smallest absolute Gasteiger partial charge is 0.417 e. The first-order valence-electron chi connectivity index (χ1n) is 9.75. The predicted octanol–water partition coefficient (Wildman–Crippen LogP) is 4.68. The molecule has 0 aliphatic carbocycles. The molecule has 6 nitrogen and oxygen atoms in total. The molecule has 1 fully saturated rings. The topological polar surface area (TPSA) is 72.5 Å². The normalized spacial score (nSPS) is 17.0. The predicted molar refractivity (Wildman–Crippen MR) is 114 cm³/mol. The van der Waals surface area contributed by atoms with E-state index >= 15 is 0 Å². The molecule has 1 aromatic carbocycles. The van der Waals surface area contributed by atoms with E-state index in [1.54, 1.807) is 6.20 Å². The molecule has 31 heavy (non-hydrogen) atoms. The fraction of sp³-hybridized carbons (Fsp3) is 0.333. The van der Waals surface area contributed by atoms with Crippen LogP contribution in [0.1, 0.15) is 23.6 Å². The minimum atomic E-state index is -4.43. The lowest BCUT2D eigenvalue weighted by Crippen LogP contribution is -2.37. The van der Waals surface area contributed by atoms with E-state index in [1.165, 1.54) is 6.07 Å². The first-order valence-corrected chi connectivity index (χ1v) is 10.5. The van der Waals surface area contributed by atoms with Crippen molar-refractivity contribution in [2.75, 3.05) is 31.1 Å². The van der Waals surface area contributed by atoms with Crippen molar-refractivity contribution in [2.24, 2.45) is 0 Å². The van der Waals surface area contributed by atoms with Crippen LogP contribution in [0.2, 0.25) is 0 Å². The quantitative estimate of drug-likeness (QED) is 0.548. The van der Waals surface area contributed by atoms with E-state index in [0.717, 1.165) is 27.6 Å². The number of aromatic amines is 1. The van der Waals surface area contributed by atoms with Gasteiger partial charge in [0.25, 0.3) is 0 Å². The van der Waals surface area contributed by atoms with Gasteiger partial charge in [-0.05, 0) is 36.8 Å². The van der Waals surface area contributed by atoms with Crippen LogP contribution in [0.3, 0.4) is 0 Å². The van der Waals surface area contributed by atoms with Crippen LogP contribution in [0, 0.1) is 0 Å². The lowest BCUT2D eigenvalue weighted by atomic mass is 10.0. The van der Waals surface area contributed by atoms with Crippen LogP contribution in [0.15, 0.2) is 47.2 Å². The van der Waals surface area contributed by atoms with Crippen LogP contribution >= 0.6 is 15.9 Å². The minimum Gasteiger partial charge on any atom is -0.480 e. The fourth-order valence-electron chi connectivity index (χ4n) is 3.99. The molecule has 0 bridgehead atoms. The number of hydrogen-bond donors (Lipinski definition) is 2. The number of carboxylic acids is 1. The van der Waals surface area contributed by atoms with Crippen molar-refractivity contribution < 1.29 is 23.1 Å². The molecule has 3 aromatic rings. The highest BCUT2D eigenvalue weighted by atomic mass is 79.9. The number of fused-ring (bicyclic) bond motifs is 1. The molecule has 1 atom stereocenters. The zero-order chi connectivity index (χ0) is 22.2. The number of halogens is 4. The molecule has 0 unspecified atom stereocenters. The largest absolute Gasteiger partial charge is 0.480 e. The Balaban J connectivity index is 1.55. The van der Waals surface area contributed by atoms with Crippen LogP contribution in [-0.4, -0.2) is 52.1 Å². The second-order valence-electron chi connectivity index (χ2n) is 7.45. The maximum atomic E-state index is 12.8. The number of pyridine rings is 1. The molecule has 0 spiro atoms. The van der Waals surface area contributed by atoms with Gasteiger partial charge in [0, 0.05) is 59.5 Å². The number of hydrogen-bond acceptors (Lipinski definition) is 4. The van der Waals surface area contributed by atoms with Gasteiger partial charge in [-0.2, -0.15) is 13.2 Å². The number of rotatable bonds is 4. The number of benzene rings is 1. The van der Waals surface area contributed by atoms with Crippen LogP contribution in [0.25, 0.3) is 10.9 Å². The number of H-pyrrole nitrogens is 1. The van der Waals surface area contributed by atoms with E-state index in [-0.39, 0.29) is 0 Å². The molecule has 3 heterocycles. The van der Waals surface area contributed by atoms with E-state index in [4.69, 9.17) is 0 Å². The summed E-state index contributed by atoms with van der Waals surface area (Å²) in [5.41, 5.74) is 0.754. The summed E-state index contributed by atoms with van der Waals surface area (Å²) in [4.78, 5) is 23.1. The summed E-state index contributed by atoms with van der Waals surface area (Å²) in [6.07, 6.45) is -1.19. The fourth-order valence-corrected chi connectivity index (χ4v) is 4.35. The molecule has 10 heteroatoms. The second kappa shape index (κ2) is 8.51. The average molecular weight is 497 g/mol. The highest BCUT2D eigenvalue weighted by Crippen LogP contribution is 2.32. The summed E-state index contributed by atoms with van der Waals surface area (Å²) in [5, 5.41) is 10.8. The average Bonchev–Trinajstić information content (AvgIpc) is 2.96. The van der Waals surface area contributed by atoms with E-state index in [0.29, 0.717) is 44.0 Å². The van der Waals surface area contributed by atoms with Crippen molar-refractivity contribution in [1.29, 1.82) is 0 Å². The Morgan fingerprint density at radius 3 is 2.65 bits per heavy atom. The van der Waals surface area contributed by atoms with Gasteiger partial charge in [0.15, 0.2) is 0 Å². The number of anilines is 1. The SMILES string of the molecule is O=C(O)[C@H](c1c[nH]c2ccc(Br)cc12)N1CCCN(c2ccc(C(F)(F)F)cn2)CC1. The lowest BCUT2D eigenvalue weighted by Gasteiger charge is -2.27. The Kier molecular flexibility index (Phi) is 5.94. The summed E-state index contributed by atoms with van der Waals surface area (Å²) in [5.74, 6) is -0.486. The first kappa shape index (κ1) is 21.6. The molecule has 0 saturated carbocycles. The van der Waals surface area contributed by atoms with Crippen molar-refractivity contribution in [2.45, 2.75) is 18.6 Å². The van der Waals surface area contributed by atoms with Crippen molar-refractivity contribution in [3.63, 3.8) is 0 Å². The van der Waals surface area contributed by atoms with E-state index in [9.17, 15) is 23.1 Å². The highest BCUT2D eigenvalue weighted by molar-refractivity contribution is 9.10. The Hall–Kier alpha value is -2.59. The van der Waals surface area contributed by atoms with Gasteiger partial charge in [0.05, 0.1) is 5.56 Å². The zero-order valence-electron chi connectivity index (χ0n) is 16.4. The molecular formula is C21H20BrF3N4O2. The molecule has 0 amide bonds. The van der Waals surface area contributed by atoms with Crippen LogP contribution in [0.5, 0.6) is 0 Å². The monoisotopic (exact) mass is 496 g/mol. The third kappa shape index (κ3) is 4.54. The third-order valence-corrected chi connectivity index (χ3v) is 5.99. The molecule has 4 rings (SSSR count). The number of aliphatic carboxylic acids is 1. The van der Waals surface area contributed by atoms with Crippen molar-refractivity contribution >= 4 is 38.6 Å². The van der Waals surface area contributed by atoms with Crippen molar-refractivity contribution in [3.05, 3.63) is 58.3 Å². The maximum Gasteiger partial charge on any atom is 0.417 e. The molecule has 2 N–H and O–H groups in total. The van der Waals surface area contributed by atoms with Gasteiger partial charge in [0.2, 0.25) is 0 Å². The summed E-state index contributed by atoms with van der Waals surface area (Å²) < 4.78 is 39.2. The third-order valence-electron chi connectivity index (χ3n) is 5.50. The van der Waals surface area contributed by atoms with E-state index < -0.39 is 23.8 Å². The van der Waals surface area contributed by atoms with E-state index in [2.05, 4.69) is 25.9 Å². The number of carboxylic acid groups (broad SMARTS) is 1. The number of nitrogens with zero attached hydrogens (tertiary/aromatic N) is 3. The van der Waals surface area contributed by atoms with Gasteiger partial charge in [-0.1, -0.05) is 15.9 Å². The number of alkyl halides is 3. The molecule has 1 aliphatic heterocycles. The molecule has 1 aliphatic rings. The summed E-state index contributed by atoms with van der Waals surface area (Å²) in [6.45, 7) is 2.05. The van der Waals surface area contributed by atoms with Crippen molar-refractivity contribution in [1.82, 2.24) is 14.9 Å². The van der Waals surface area contributed by atoms with E-state index in [1.807, 2.05) is 28.0 Å². The van der Waals surface area contributed by atoms with Gasteiger partial charge in [0.1, 0.15) is 11.9 Å². The number of nitrogens with one attached hydrogen (secondary N) is 1. The Morgan fingerprint density at radius 1 is 1.16 bits per heavy atom. The molecule has 2 aromatic heterocycles. The van der Waals surface area contributed by atoms with Gasteiger partial charge >= 0.3 is 12.1 Å². The zero-order valence-corrected chi connectivity index (χ0v) is 17.9. The Labute approximate surface area is 184 Å². The number of carbonyl (C=O) groups is 1. The van der Waals surface area contributed by atoms with Crippen molar-refractivity contribution in [3.8, 4) is 0 Å². The van der Waals surface area contributed by atoms with Gasteiger partial charge in [-0.15, -0.1) is 0 Å².